The number of aliphatic hydroxyl groups excluding tert-OH is 1. The van der Waals surface area contributed by atoms with Gasteiger partial charge in [0.05, 0.1) is 6.61 Å². The summed E-state index contributed by atoms with van der Waals surface area (Å²) in [5.74, 6) is 0.812. The SMILES string of the molecule is CC1(C)CC1C1(C)CCNC1CO. The summed E-state index contributed by atoms with van der Waals surface area (Å²) in [6.45, 7) is 8.40. The first-order valence-corrected chi connectivity index (χ1v) is 5.35. The van der Waals surface area contributed by atoms with Gasteiger partial charge in [-0.2, -0.15) is 0 Å². The minimum atomic E-state index is 0.295. The molecule has 13 heavy (non-hydrogen) atoms. The Hall–Kier alpha value is -0.0800. The summed E-state index contributed by atoms with van der Waals surface area (Å²) < 4.78 is 0. The summed E-state index contributed by atoms with van der Waals surface area (Å²) in [5.41, 5.74) is 0.867. The van der Waals surface area contributed by atoms with Gasteiger partial charge < -0.3 is 10.4 Å². The van der Waals surface area contributed by atoms with Crippen LogP contribution < -0.4 is 5.32 Å². The van der Waals surface area contributed by atoms with Gasteiger partial charge in [-0.3, -0.25) is 0 Å². The predicted molar refractivity (Wildman–Crippen MR) is 53.5 cm³/mol. The van der Waals surface area contributed by atoms with E-state index in [0.29, 0.717) is 23.5 Å². The molecular formula is C11H21NO. The van der Waals surface area contributed by atoms with Gasteiger partial charge in [-0.1, -0.05) is 20.8 Å². The molecule has 2 rings (SSSR count). The Morgan fingerprint density at radius 3 is 2.46 bits per heavy atom. The highest BCUT2D eigenvalue weighted by Crippen LogP contribution is 2.63. The third-order valence-electron chi connectivity index (χ3n) is 4.34. The van der Waals surface area contributed by atoms with E-state index in [-0.39, 0.29) is 0 Å². The van der Waals surface area contributed by atoms with Gasteiger partial charge in [0, 0.05) is 6.04 Å². The zero-order valence-electron chi connectivity index (χ0n) is 8.93. The van der Waals surface area contributed by atoms with Crippen molar-refractivity contribution in [3.05, 3.63) is 0 Å². The zero-order chi connectivity index (χ0) is 9.69. The first-order valence-electron chi connectivity index (χ1n) is 5.35. The Morgan fingerprint density at radius 1 is 1.38 bits per heavy atom. The quantitative estimate of drug-likeness (QED) is 0.678. The van der Waals surface area contributed by atoms with Crippen LogP contribution in [0.1, 0.15) is 33.6 Å². The highest BCUT2D eigenvalue weighted by atomic mass is 16.3. The van der Waals surface area contributed by atoms with Gasteiger partial charge in [-0.05, 0) is 36.1 Å². The van der Waals surface area contributed by atoms with Crippen molar-refractivity contribution in [1.82, 2.24) is 5.32 Å². The van der Waals surface area contributed by atoms with Crippen LogP contribution in [0.3, 0.4) is 0 Å². The largest absolute Gasteiger partial charge is 0.395 e. The molecule has 0 aromatic carbocycles. The van der Waals surface area contributed by atoms with Crippen molar-refractivity contribution in [2.75, 3.05) is 13.2 Å². The predicted octanol–water partition coefficient (Wildman–Crippen LogP) is 1.39. The highest BCUT2D eigenvalue weighted by Gasteiger charge is 2.59. The van der Waals surface area contributed by atoms with Crippen LogP contribution in [0.25, 0.3) is 0 Å². The molecule has 1 saturated carbocycles. The lowest BCUT2D eigenvalue weighted by molar-refractivity contribution is 0.138. The third-order valence-corrected chi connectivity index (χ3v) is 4.34. The van der Waals surface area contributed by atoms with Crippen LogP contribution in [0.5, 0.6) is 0 Å². The van der Waals surface area contributed by atoms with Gasteiger partial charge in [-0.15, -0.1) is 0 Å². The van der Waals surface area contributed by atoms with E-state index < -0.39 is 0 Å². The lowest BCUT2D eigenvalue weighted by Gasteiger charge is -2.31. The molecule has 2 N–H and O–H groups in total. The average Bonchev–Trinajstić information content (AvgIpc) is 2.56. The Labute approximate surface area is 80.7 Å². The maximum Gasteiger partial charge on any atom is 0.0590 e. The Kier molecular flexibility index (Phi) is 1.97. The van der Waals surface area contributed by atoms with Crippen molar-refractivity contribution in [3.8, 4) is 0 Å². The fraction of sp³-hybridized carbons (Fsp3) is 1.00. The number of rotatable bonds is 2. The van der Waals surface area contributed by atoms with Crippen molar-refractivity contribution in [1.29, 1.82) is 0 Å². The standard InChI is InChI=1S/C11H21NO/c1-10(2)6-8(10)11(3)4-5-12-9(11)7-13/h8-9,12-13H,4-7H2,1-3H3. The van der Waals surface area contributed by atoms with Gasteiger partial charge in [0.2, 0.25) is 0 Å². The van der Waals surface area contributed by atoms with E-state index in [1.165, 1.54) is 12.8 Å². The molecule has 2 heteroatoms. The van der Waals surface area contributed by atoms with Crippen molar-refractivity contribution in [3.63, 3.8) is 0 Å². The Bertz CT molecular complexity index is 214. The molecule has 2 fully saturated rings. The lowest BCUT2D eigenvalue weighted by atomic mass is 9.75. The summed E-state index contributed by atoms with van der Waals surface area (Å²) in [7, 11) is 0. The summed E-state index contributed by atoms with van der Waals surface area (Å²) in [5, 5.41) is 12.7. The Morgan fingerprint density at radius 2 is 2.00 bits per heavy atom. The number of nitrogens with one attached hydrogen (secondary N) is 1. The van der Waals surface area contributed by atoms with Crippen molar-refractivity contribution in [2.45, 2.75) is 39.7 Å². The molecule has 1 aliphatic carbocycles. The molecule has 0 aromatic heterocycles. The van der Waals surface area contributed by atoms with Gasteiger partial charge in [0.15, 0.2) is 0 Å². The van der Waals surface area contributed by atoms with Crippen LogP contribution in [0.4, 0.5) is 0 Å². The van der Waals surface area contributed by atoms with Crippen LogP contribution >= 0.6 is 0 Å². The molecule has 0 spiro atoms. The topological polar surface area (TPSA) is 32.3 Å². The molecule has 0 bridgehead atoms. The van der Waals surface area contributed by atoms with Crippen molar-refractivity contribution < 1.29 is 5.11 Å². The fourth-order valence-corrected chi connectivity index (χ4v) is 3.21. The molecule has 3 unspecified atom stereocenters. The molecule has 2 aliphatic rings. The maximum absolute atomic E-state index is 9.29. The van der Waals surface area contributed by atoms with E-state index in [1.807, 2.05) is 0 Å². The highest BCUT2D eigenvalue weighted by molar-refractivity contribution is 5.10. The minimum Gasteiger partial charge on any atom is -0.395 e. The van der Waals surface area contributed by atoms with E-state index in [4.69, 9.17) is 0 Å². The van der Waals surface area contributed by atoms with Gasteiger partial charge in [0.1, 0.15) is 0 Å². The molecule has 1 saturated heterocycles. The number of hydrogen-bond acceptors (Lipinski definition) is 2. The van der Waals surface area contributed by atoms with Gasteiger partial charge in [0.25, 0.3) is 0 Å². The Balaban J connectivity index is 2.11. The van der Waals surface area contributed by atoms with Crippen LogP contribution in [0, 0.1) is 16.7 Å². The second-order valence-corrected chi connectivity index (χ2v) is 5.69. The molecule has 2 nitrogen and oxygen atoms in total. The zero-order valence-corrected chi connectivity index (χ0v) is 8.93. The van der Waals surface area contributed by atoms with E-state index >= 15 is 0 Å². The second kappa shape index (κ2) is 2.71. The normalized spacial score (nSPS) is 48.0. The second-order valence-electron chi connectivity index (χ2n) is 5.69. The number of hydrogen-bond donors (Lipinski definition) is 2. The molecule has 0 amide bonds. The van der Waals surface area contributed by atoms with E-state index in [9.17, 15) is 5.11 Å². The summed E-state index contributed by atoms with van der Waals surface area (Å²) >= 11 is 0. The smallest absolute Gasteiger partial charge is 0.0590 e. The monoisotopic (exact) mass is 183 g/mol. The van der Waals surface area contributed by atoms with E-state index in [2.05, 4.69) is 26.1 Å². The van der Waals surface area contributed by atoms with Crippen LogP contribution in [0.2, 0.25) is 0 Å². The lowest BCUT2D eigenvalue weighted by Crippen LogP contribution is -2.40. The molecule has 1 heterocycles. The fourth-order valence-electron chi connectivity index (χ4n) is 3.21. The molecular weight excluding hydrogens is 162 g/mol. The first-order chi connectivity index (χ1) is 6.00. The maximum atomic E-state index is 9.29. The van der Waals surface area contributed by atoms with Crippen LogP contribution in [-0.2, 0) is 0 Å². The van der Waals surface area contributed by atoms with Crippen LogP contribution in [0.15, 0.2) is 0 Å². The summed E-state index contributed by atoms with van der Waals surface area (Å²) in [6.07, 6.45) is 2.56. The molecule has 0 aromatic rings. The number of aliphatic hydroxyl groups is 1. The molecule has 0 radical (unpaired) electrons. The summed E-state index contributed by atoms with van der Waals surface area (Å²) in [6, 6.07) is 0.333. The molecule has 3 atom stereocenters. The van der Waals surface area contributed by atoms with Crippen molar-refractivity contribution in [2.24, 2.45) is 16.7 Å². The molecule has 1 aliphatic heterocycles. The van der Waals surface area contributed by atoms with Crippen molar-refractivity contribution >= 4 is 0 Å². The van der Waals surface area contributed by atoms with E-state index in [1.54, 1.807) is 0 Å². The minimum absolute atomic E-state index is 0.295. The van der Waals surface area contributed by atoms with Crippen LogP contribution in [-0.4, -0.2) is 24.3 Å². The van der Waals surface area contributed by atoms with Gasteiger partial charge in [-0.25, -0.2) is 0 Å². The van der Waals surface area contributed by atoms with E-state index in [0.717, 1.165) is 12.5 Å². The molecule has 76 valence electrons. The summed E-state index contributed by atoms with van der Waals surface area (Å²) in [4.78, 5) is 0. The third kappa shape index (κ3) is 1.31. The average molecular weight is 183 g/mol. The van der Waals surface area contributed by atoms with Gasteiger partial charge >= 0.3 is 0 Å². The first kappa shape index (κ1) is 9.47.